The van der Waals surface area contributed by atoms with Gasteiger partial charge in [-0.05, 0) is 42.5 Å². The van der Waals surface area contributed by atoms with Crippen LogP contribution in [0, 0.1) is 23.0 Å². The van der Waals surface area contributed by atoms with E-state index in [2.05, 4.69) is 20.5 Å². The summed E-state index contributed by atoms with van der Waals surface area (Å²) in [4.78, 5) is 31.8. The van der Waals surface area contributed by atoms with E-state index in [-0.39, 0.29) is 30.0 Å². The van der Waals surface area contributed by atoms with E-state index in [1.165, 1.54) is 6.20 Å². The van der Waals surface area contributed by atoms with Crippen molar-refractivity contribution in [3.8, 4) is 6.07 Å². The van der Waals surface area contributed by atoms with Gasteiger partial charge in [-0.25, -0.2) is 13.8 Å². The monoisotopic (exact) mass is 505 g/mol. The Balaban J connectivity index is 1.42. The molecule has 1 aliphatic rings. The topological polar surface area (TPSA) is 127 Å². The number of nitrogens with zero attached hydrogens (tertiary/aromatic N) is 4. The lowest BCUT2D eigenvalue weighted by molar-refractivity contribution is -0.130. The van der Waals surface area contributed by atoms with E-state index in [4.69, 9.17) is 11.0 Å². The van der Waals surface area contributed by atoms with Gasteiger partial charge in [0.25, 0.3) is 5.91 Å². The predicted octanol–water partition coefficient (Wildman–Crippen LogP) is 3.38. The summed E-state index contributed by atoms with van der Waals surface area (Å²) in [5.41, 5.74) is 7.74. The molecule has 0 saturated carbocycles. The number of carbonyl (C=O) groups excluding carboxylic acids is 2. The summed E-state index contributed by atoms with van der Waals surface area (Å²) in [6, 6.07) is 14.3. The molecule has 190 valence electrons. The van der Waals surface area contributed by atoms with Gasteiger partial charge in [0.1, 0.15) is 23.9 Å². The molecule has 2 amide bonds. The lowest BCUT2D eigenvalue weighted by atomic mass is 10.1. The molecule has 1 aromatic heterocycles. The number of nitrogens with two attached hydrogens (primary N) is 1. The van der Waals surface area contributed by atoms with Crippen molar-refractivity contribution in [2.45, 2.75) is 13.0 Å². The second kappa shape index (κ2) is 11.3. The third-order valence-electron chi connectivity index (χ3n) is 6.01. The lowest BCUT2D eigenvalue weighted by Crippen LogP contribution is -2.48. The number of carbonyl (C=O) groups is 2. The van der Waals surface area contributed by atoms with E-state index in [0.717, 1.165) is 29.6 Å². The zero-order valence-electron chi connectivity index (χ0n) is 19.9. The Hall–Kier alpha value is -4.72. The van der Waals surface area contributed by atoms with Gasteiger partial charge in [-0.2, -0.15) is 5.26 Å². The molecular weight excluding hydrogens is 480 g/mol. The van der Waals surface area contributed by atoms with Crippen LogP contribution in [-0.4, -0.2) is 47.9 Å². The molecule has 0 bridgehead atoms. The van der Waals surface area contributed by atoms with Crippen LogP contribution in [-0.2, 0) is 11.3 Å². The maximum Gasteiger partial charge on any atom is 0.252 e. The third kappa shape index (κ3) is 6.29. The minimum Gasteiger partial charge on any atom is -0.380 e. The summed E-state index contributed by atoms with van der Waals surface area (Å²) in [5, 5.41) is 14.8. The molecule has 1 saturated heterocycles. The minimum absolute atomic E-state index is 0.0581. The van der Waals surface area contributed by atoms with E-state index < -0.39 is 17.5 Å². The zero-order valence-corrected chi connectivity index (χ0v) is 19.9. The van der Waals surface area contributed by atoms with E-state index in [9.17, 15) is 18.4 Å². The number of nitrogens with one attached hydrogen (secondary N) is 2. The molecule has 0 spiro atoms. The summed E-state index contributed by atoms with van der Waals surface area (Å²) in [6.07, 6.45) is 1.21. The summed E-state index contributed by atoms with van der Waals surface area (Å²) in [7, 11) is 0. The normalized spacial score (nSPS) is 13.1. The van der Waals surface area contributed by atoms with Gasteiger partial charge in [-0.3, -0.25) is 9.59 Å². The molecule has 11 heteroatoms. The molecule has 2 heterocycles. The number of benzene rings is 2. The van der Waals surface area contributed by atoms with Crippen LogP contribution in [0.4, 0.5) is 31.7 Å². The number of piperazine rings is 1. The summed E-state index contributed by atoms with van der Waals surface area (Å²) >= 11 is 0. The Morgan fingerprint density at radius 3 is 2.46 bits per heavy atom. The Morgan fingerprint density at radius 1 is 1.05 bits per heavy atom. The van der Waals surface area contributed by atoms with Crippen molar-refractivity contribution in [1.82, 2.24) is 9.88 Å². The SMILES string of the molecule is N#CCC(=O)N1CCN(c2ccc(Nc3cc(NCc4cc(F)ccc4F)c(C(N)=O)cn3)cc2)CC1. The van der Waals surface area contributed by atoms with Crippen molar-refractivity contribution in [2.24, 2.45) is 5.73 Å². The first-order valence-corrected chi connectivity index (χ1v) is 11.6. The standard InChI is InChI=1S/C26H25F2N7O2/c27-18-1-6-22(28)17(13-18)15-31-23-14-24(32-16-21(23)26(30)37)33-19-2-4-20(5-3-19)34-9-11-35(12-10-34)25(36)7-8-29/h1-6,13-14,16H,7,9-12,15H2,(H2,30,37)(H2,31,32,33). The zero-order chi connectivity index (χ0) is 26.4. The second-order valence-electron chi connectivity index (χ2n) is 8.44. The number of nitriles is 1. The van der Waals surface area contributed by atoms with Gasteiger partial charge in [-0.1, -0.05) is 0 Å². The van der Waals surface area contributed by atoms with Crippen molar-refractivity contribution in [3.63, 3.8) is 0 Å². The van der Waals surface area contributed by atoms with Crippen LogP contribution in [0.1, 0.15) is 22.3 Å². The molecule has 9 nitrogen and oxygen atoms in total. The number of halogens is 2. The van der Waals surface area contributed by atoms with Crippen LogP contribution in [0.2, 0.25) is 0 Å². The quantitative estimate of drug-likeness (QED) is 0.428. The van der Waals surface area contributed by atoms with Gasteiger partial charge < -0.3 is 26.2 Å². The molecule has 4 N–H and O–H groups in total. The first-order chi connectivity index (χ1) is 17.8. The highest BCUT2D eigenvalue weighted by Crippen LogP contribution is 2.25. The van der Waals surface area contributed by atoms with Crippen LogP contribution >= 0.6 is 0 Å². The number of amides is 2. The molecular formula is C26H25F2N7O2. The van der Waals surface area contributed by atoms with Crippen molar-refractivity contribution in [3.05, 3.63) is 77.5 Å². The smallest absolute Gasteiger partial charge is 0.252 e. The highest BCUT2D eigenvalue weighted by molar-refractivity contribution is 5.98. The number of primary amides is 1. The molecule has 0 atom stereocenters. The van der Waals surface area contributed by atoms with Gasteiger partial charge in [0.15, 0.2) is 0 Å². The van der Waals surface area contributed by atoms with Gasteiger partial charge in [0.2, 0.25) is 5.91 Å². The minimum atomic E-state index is -0.708. The summed E-state index contributed by atoms with van der Waals surface area (Å²) in [6.45, 7) is 2.40. The van der Waals surface area contributed by atoms with Crippen molar-refractivity contribution in [1.29, 1.82) is 5.26 Å². The van der Waals surface area contributed by atoms with Crippen molar-refractivity contribution in [2.75, 3.05) is 41.7 Å². The fourth-order valence-electron chi connectivity index (χ4n) is 4.03. The summed E-state index contributed by atoms with van der Waals surface area (Å²) < 4.78 is 27.5. The first kappa shape index (κ1) is 25.4. The first-order valence-electron chi connectivity index (χ1n) is 11.6. The molecule has 0 unspecified atom stereocenters. The number of anilines is 4. The molecule has 2 aromatic carbocycles. The molecule has 37 heavy (non-hydrogen) atoms. The summed E-state index contributed by atoms with van der Waals surface area (Å²) in [5.74, 6) is -1.57. The largest absolute Gasteiger partial charge is 0.380 e. The van der Waals surface area contributed by atoms with Crippen molar-refractivity contribution < 1.29 is 18.4 Å². The molecule has 1 aliphatic heterocycles. The molecule has 4 rings (SSSR count). The van der Waals surface area contributed by atoms with E-state index >= 15 is 0 Å². The van der Waals surface area contributed by atoms with E-state index in [1.54, 1.807) is 11.0 Å². The van der Waals surface area contributed by atoms with E-state index in [0.29, 0.717) is 37.7 Å². The lowest BCUT2D eigenvalue weighted by Gasteiger charge is -2.36. The van der Waals surface area contributed by atoms with Crippen LogP contribution in [0.3, 0.4) is 0 Å². The Morgan fingerprint density at radius 2 is 1.78 bits per heavy atom. The highest BCUT2D eigenvalue weighted by atomic mass is 19.1. The van der Waals surface area contributed by atoms with Gasteiger partial charge in [0.05, 0.1) is 17.3 Å². The number of hydrogen-bond acceptors (Lipinski definition) is 7. The number of rotatable bonds is 8. The maximum absolute atomic E-state index is 14.0. The van der Waals surface area contributed by atoms with Crippen LogP contribution in [0.25, 0.3) is 0 Å². The van der Waals surface area contributed by atoms with Gasteiger partial charge >= 0.3 is 0 Å². The average molecular weight is 506 g/mol. The Kier molecular flexibility index (Phi) is 7.78. The number of pyridine rings is 1. The Labute approximate surface area is 212 Å². The highest BCUT2D eigenvalue weighted by Gasteiger charge is 2.21. The number of aromatic nitrogens is 1. The average Bonchev–Trinajstić information content (AvgIpc) is 2.90. The number of hydrogen-bond donors (Lipinski definition) is 3. The molecule has 3 aromatic rings. The molecule has 0 aliphatic carbocycles. The third-order valence-corrected chi connectivity index (χ3v) is 6.01. The van der Waals surface area contributed by atoms with Crippen LogP contribution in [0.5, 0.6) is 0 Å². The fraction of sp³-hybridized carbons (Fsp3) is 0.231. The fourth-order valence-corrected chi connectivity index (χ4v) is 4.03. The van der Waals surface area contributed by atoms with Gasteiger partial charge in [0, 0.05) is 61.9 Å². The predicted molar refractivity (Wildman–Crippen MR) is 135 cm³/mol. The maximum atomic E-state index is 14.0. The van der Waals surface area contributed by atoms with Crippen LogP contribution in [0.15, 0.2) is 54.7 Å². The Bertz CT molecular complexity index is 1330. The molecule has 1 fully saturated rings. The van der Waals surface area contributed by atoms with E-state index in [1.807, 2.05) is 30.3 Å². The second-order valence-corrected chi connectivity index (χ2v) is 8.44. The van der Waals surface area contributed by atoms with Gasteiger partial charge in [-0.15, -0.1) is 0 Å². The van der Waals surface area contributed by atoms with Crippen molar-refractivity contribution >= 4 is 34.7 Å². The van der Waals surface area contributed by atoms with Crippen LogP contribution < -0.4 is 21.3 Å². The molecule has 0 radical (unpaired) electrons.